The second kappa shape index (κ2) is 6.94. The van der Waals surface area contributed by atoms with E-state index in [4.69, 9.17) is 4.74 Å². The van der Waals surface area contributed by atoms with Crippen LogP contribution in [-0.4, -0.2) is 6.54 Å². The van der Waals surface area contributed by atoms with Crippen molar-refractivity contribution in [1.82, 2.24) is 5.32 Å². The predicted molar refractivity (Wildman–Crippen MR) is 68.0 cm³/mol. The summed E-state index contributed by atoms with van der Waals surface area (Å²) in [6.07, 6.45) is 3.05. The summed E-state index contributed by atoms with van der Waals surface area (Å²) in [6.45, 7) is 7.77. The Labute approximate surface area is 98.3 Å². The zero-order valence-electron chi connectivity index (χ0n) is 10.4. The second-order valence-electron chi connectivity index (χ2n) is 3.78. The minimum atomic E-state index is 0.624. The molecule has 0 saturated heterocycles. The first-order chi connectivity index (χ1) is 7.76. The maximum absolute atomic E-state index is 5.70. The molecule has 0 saturated carbocycles. The van der Waals surface area contributed by atoms with Gasteiger partial charge in [-0.15, -0.1) is 0 Å². The third-order valence-electron chi connectivity index (χ3n) is 2.26. The van der Waals surface area contributed by atoms with Gasteiger partial charge < -0.3 is 10.1 Å². The van der Waals surface area contributed by atoms with Crippen LogP contribution in [0, 0.1) is 6.92 Å². The highest BCUT2D eigenvalue weighted by molar-refractivity contribution is 5.20. The van der Waals surface area contributed by atoms with Gasteiger partial charge in [-0.1, -0.05) is 36.8 Å². The number of rotatable bonds is 6. The maximum Gasteiger partial charge on any atom is 0.182 e. The van der Waals surface area contributed by atoms with Crippen LogP contribution in [0.5, 0.6) is 0 Å². The molecule has 1 N–H and O–H groups in total. The molecule has 0 aliphatic heterocycles. The highest BCUT2D eigenvalue weighted by Crippen LogP contribution is 2.07. The molecule has 0 amide bonds. The fourth-order valence-electron chi connectivity index (χ4n) is 1.39. The average Bonchev–Trinajstić information content (AvgIpc) is 2.29. The quantitative estimate of drug-likeness (QED) is 0.741. The minimum Gasteiger partial charge on any atom is -0.475 e. The van der Waals surface area contributed by atoms with E-state index < -0.39 is 0 Å². The number of ether oxygens (including phenoxy) is 1. The van der Waals surface area contributed by atoms with Crippen LogP contribution in [0.3, 0.4) is 0 Å². The first kappa shape index (κ1) is 12.6. The van der Waals surface area contributed by atoms with E-state index >= 15 is 0 Å². The molecule has 1 aromatic carbocycles. The molecule has 0 atom stereocenters. The van der Waals surface area contributed by atoms with Crippen molar-refractivity contribution in [1.29, 1.82) is 0 Å². The Kier molecular flexibility index (Phi) is 5.48. The van der Waals surface area contributed by atoms with Crippen LogP contribution in [0.25, 0.3) is 0 Å². The summed E-state index contributed by atoms with van der Waals surface area (Å²) in [5, 5.41) is 3.20. The second-order valence-corrected chi connectivity index (χ2v) is 3.78. The Morgan fingerprint density at radius 3 is 2.50 bits per heavy atom. The molecule has 0 aliphatic rings. The molecule has 0 fully saturated rings. The van der Waals surface area contributed by atoms with Gasteiger partial charge in [0.05, 0.1) is 0 Å². The van der Waals surface area contributed by atoms with Gasteiger partial charge in [-0.2, -0.15) is 0 Å². The first-order valence-electron chi connectivity index (χ1n) is 5.88. The van der Waals surface area contributed by atoms with Gasteiger partial charge in [-0.3, -0.25) is 0 Å². The van der Waals surface area contributed by atoms with Crippen molar-refractivity contribution >= 4 is 0 Å². The smallest absolute Gasteiger partial charge is 0.182 e. The van der Waals surface area contributed by atoms with E-state index in [9.17, 15) is 0 Å². The topological polar surface area (TPSA) is 21.3 Å². The molecule has 0 unspecified atom stereocenters. The van der Waals surface area contributed by atoms with Crippen molar-refractivity contribution in [2.45, 2.75) is 33.8 Å². The molecule has 0 radical (unpaired) electrons. The lowest BCUT2D eigenvalue weighted by Gasteiger charge is -2.11. The average molecular weight is 219 g/mol. The molecule has 0 spiro atoms. The van der Waals surface area contributed by atoms with E-state index in [0.717, 1.165) is 18.8 Å². The zero-order valence-corrected chi connectivity index (χ0v) is 10.4. The molecule has 1 rings (SSSR count). The largest absolute Gasteiger partial charge is 0.475 e. The van der Waals surface area contributed by atoms with Crippen LogP contribution in [0.1, 0.15) is 31.4 Å². The van der Waals surface area contributed by atoms with Crippen molar-refractivity contribution < 1.29 is 4.74 Å². The van der Waals surface area contributed by atoms with E-state index in [1.54, 1.807) is 0 Å². The van der Waals surface area contributed by atoms with Gasteiger partial charge in [0, 0.05) is 6.54 Å². The van der Waals surface area contributed by atoms with Gasteiger partial charge >= 0.3 is 0 Å². The molecule has 2 heteroatoms. The summed E-state index contributed by atoms with van der Waals surface area (Å²) in [5.41, 5.74) is 2.48. The molecule has 0 aromatic heterocycles. The van der Waals surface area contributed by atoms with Gasteiger partial charge in [0.25, 0.3) is 0 Å². The normalized spacial score (nSPS) is 11.3. The lowest BCUT2D eigenvalue weighted by atomic mass is 10.2. The van der Waals surface area contributed by atoms with Gasteiger partial charge in [0.15, 0.2) is 5.88 Å². The van der Waals surface area contributed by atoms with Crippen molar-refractivity contribution in [3.8, 4) is 0 Å². The van der Waals surface area contributed by atoms with Crippen molar-refractivity contribution in [2.75, 3.05) is 6.54 Å². The molecule has 0 aliphatic carbocycles. The Bertz CT molecular complexity index is 327. The van der Waals surface area contributed by atoms with Gasteiger partial charge in [-0.05, 0) is 31.9 Å². The lowest BCUT2D eigenvalue weighted by Crippen LogP contribution is -2.14. The van der Waals surface area contributed by atoms with Gasteiger partial charge in [0.1, 0.15) is 6.61 Å². The molecule has 88 valence electrons. The summed E-state index contributed by atoms with van der Waals surface area (Å²) >= 11 is 0. The monoisotopic (exact) mass is 219 g/mol. The predicted octanol–water partition coefficient (Wildman–Crippen LogP) is 3.37. The van der Waals surface area contributed by atoms with Crippen LogP contribution in [0.15, 0.2) is 36.2 Å². The van der Waals surface area contributed by atoms with Crippen molar-refractivity contribution in [2.24, 2.45) is 0 Å². The van der Waals surface area contributed by atoms with Gasteiger partial charge in [-0.25, -0.2) is 0 Å². The summed E-state index contributed by atoms with van der Waals surface area (Å²) in [5.74, 6) is 0.880. The SMILES string of the molecule is CC/C=C(/NCC)OCc1ccc(C)cc1. The van der Waals surface area contributed by atoms with Gasteiger partial charge in [0.2, 0.25) is 0 Å². The molecular formula is C14H21NO. The molecular weight excluding hydrogens is 198 g/mol. The molecule has 16 heavy (non-hydrogen) atoms. The van der Waals surface area contributed by atoms with Crippen LogP contribution < -0.4 is 5.32 Å². The first-order valence-corrected chi connectivity index (χ1v) is 5.88. The number of nitrogens with one attached hydrogen (secondary N) is 1. The van der Waals surface area contributed by atoms with E-state index in [2.05, 4.69) is 56.4 Å². The van der Waals surface area contributed by atoms with Crippen LogP contribution >= 0.6 is 0 Å². The molecule has 0 bridgehead atoms. The Morgan fingerprint density at radius 2 is 1.94 bits per heavy atom. The number of allylic oxidation sites excluding steroid dienone is 1. The third-order valence-corrected chi connectivity index (χ3v) is 2.26. The molecule has 0 heterocycles. The minimum absolute atomic E-state index is 0.624. The fraction of sp³-hybridized carbons (Fsp3) is 0.429. The summed E-state index contributed by atoms with van der Waals surface area (Å²) < 4.78 is 5.70. The highest BCUT2D eigenvalue weighted by Gasteiger charge is 1.97. The summed E-state index contributed by atoms with van der Waals surface area (Å²) in [6, 6.07) is 8.42. The van der Waals surface area contributed by atoms with Crippen molar-refractivity contribution in [3.63, 3.8) is 0 Å². The Morgan fingerprint density at radius 1 is 1.25 bits per heavy atom. The van der Waals surface area contributed by atoms with E-state index in [1.807, 2.05) is 0 Å². The molecule has 1 aromatic rings. The number of hydrogen-bond acceptors (Lipinski definition) is 2. The van der Waals surface area contributed by atoms with Crippen LogP contribution in [0.4, 0.5) is 0 Å². The van der Waals surface area contributed by atoms with E-state index in [-0.39, 0.29) is 0 Å². The maximum atomic E-state index is 5.70. The fourth-order valence-corrected chi connectivity index (χ4v) is 1.39. The van der Waals surface area contributed by atoms with Crippen LogP contribution in [0.2, 0.25) is 0 Å². The summed E-state index contributed by atoms with van der Waals surface area (Å²) in [4.78, 5) is 0. The van der Waals surface area contributed by atoms with E-state index in [1.165, 1.54) is 11.1 Å². The zero-order chi connectivity index (χ0) is 11.8. The lowest BCUT2D eigenvalue weighted by molar-refractivity contribution is 0.177. The third kappa shape index (κ3) is 4.39. The van der Waals surface area contributed by atoms with E-state index in [0.29, 0.717) is 6.61 Å². The Hall–Kier alpha value is -1.44. The summed E-state index contributed by atoms with van der Waals surface area (Å²) in [7, 11) is 0. The highest BCUT2D eigenvalue weighted by atomic mass is 16.5. The number of benzene rings is 1. The Balaban J connectivity index is 2.48. The standard InChI is InChI=1S/C14H21NO/c1-4-6-14(15-5-2)16-11-13-9-7-12(3)8-10-13/h6-10,15H,4-5,11H2,1-3H3/b14-6-. The van der Waals surface area contributed by atoms with Crippen molar-refractivity contribution in [3.05, 3.63) is 47.4 Å². The number of aryl methyl sites for hydroxylation is 1. The number of hydrogen-bond donors (Lipinski definition) is 1. The van der Waals surface area contributed by atoms with Crippen LogP contribution in [-0.2, 0) is 11.3 Å². The molecule has 2 nitrogen and oxygen atoms in total.